The second-order valence-corrected chi connectivity index (χ2v) is 4.83. The molecule has 100 valence electrons. The van der Waals surface area contributed by atoms with Crippen LogP contribution in [0.25, 0.3) is 0 Å². The average molecular weight is 364 g/mol. The molecular formula is C12H17IN2O3. The first-order valence-electron chi connectivity index (χ1n) is 5.61. The third-order valence-electron chi connectivity index (χ3n) is 2.28. The van der Waals surface area contributed by atoms with Gasteiger partial charge in [-0.2, -0.15) is 0 Å². The minimum Gasteiger partial charge on any atom is -0.507 e. The zero-order valence-electron chi connectivity index (χ0n) is 10.2. The second kappa shape index (κ2) is 8.28. The lowest BCUT2D eigenvalue weighted by Gasteiger charge is -2.07. The fourth-order valence-corrected chi connectivity index (χ4v) is 1.66. The van der Waals surface area contributed by atoms with Crippen LogP contribution in [0.2, 0.25) is 0 Å². The number of amides is 1. The van der Waals surface area contributed by atoms with Crippen molar-refractivity contribution in [2.24, 2.45) is 0 Å². The lowest BCUT2D eigenvalue weighted by atomic mass is 10.2. The van der Waals surface area contributed by atoms with E-state index < -0.39 is 0 Å². The number of aromatic hydroxyl groups is 1. The molecule has 5 nitrogen and oxygen atoms in total. The van der Waals surface area contributed by atoms with E-state index in [-0.39, 0.29) is 11.7 Å². The molecular weight excluding hydrogens is 347 g/mol. The van der Waals surface area contributed by atoms with Gasteiger partial charge in [-0.3, -0.25) is 4.79 Å². The molecule has 0 aliphatic carbocycles. The highest BCUT2D eigenvalue weighted by Crippen LogP contribution is 2.20. The number of nitrogens with one attached hydrogen (secondary N) is 2. The Bertz CT molecular complexity index is 399. The van der Waals surface area contributed by atoms with Crippen molar-refractivity contribution in [1.29, 1.82) is 0 Å². The molecule has 0 radical (unpaired) electrons. The van der Waals surface area contributed by atoms with Crippen LogP contribution in [0.5, 0.6) is 5.75 Å². The second-order valence-electron chi connectivity index (χ2n) is 3.66. The maximum Gasteiger partial charge on any atom is 0.251 e. The Morgan fingerprint density at radius 1 is 1.39 bits per heavy atom. The van der Waals surface area contributed by atoms with Gasteiger partial charge in [0.25, 0.3) is 5.91 Å². The molecule has 6 heteroatoms. The van der Waals surface area contributed by atoms with Gasteiger partial charge in [-0.05, 0) is 40.8 Å². The van der Waals surface area contributed by atoms with Crippen LogP contribution >= 0.6 is 22.6 Å². The van der Waals surface area contributed by atoms with Crippen LogP contribution in [0, 0.1) is 3.57 Å². The maximum atomic E-state index is 11.7. The van der Waals surface area contributed by atoms with Crippen LogP contribution in [0.15, 0.2) is 18.2 Å². The summed E-state index contributed by atoms with van der Waals surface area (Å²) < 4.78 is 5.61. The van der Waals surface area contributed by atoms with E-state index in [9.17, 15) is 9.90 Å². The van der Waals surface area contributed by atoms with Crippen molar-refractivity contribution >= 4 is 28.5 Å². The van der Waals surface area contributed by atoms with Crippen LogP contribution < -0.4 is 10.6 Å². The van der Waals surface area contributed by atoms with E-state index in [0.29, 0.717) is 25.3 Å². The molecule has 0 unspecified atom stereocenters. The first-order valence-corrected chi connectivity index (χ1v) is 6.69. The van der Waals surface area contributed by atoms with Crippen LogP contribution in [-0.2, 0) is 4.74 Å². The van der Waals surface area contributed by atoms with E-state index in [1.165, 1.54) is 6.07 Å². The number of carbonyl (C=O) groups is 1. The SMILES string of the molecule is COCCNCCNC(=O)c1ccc(I)c(O)c1. The molecule has 0 spiro atoms. The Labute approximate surface area is 120 Å². The van der Waals surface area contributed by atoms with Gasteiger partial charge in [0.15, 0.2) is 0 Å². The number of rotatable bonds is 7. The number of methoxy groups -OCH3 is 1. The summed E-state index contributed by atoms with van der Waals surface area (Å²) in [6.45, 7) is 2.64. The number of phenolic OH excluding ortho intramolecular Hbond substituents is 1. The monoisotopic (exact) mass is 364 g/mol. The van der Waals surface area contributed by atoms with Crippen LogP contribution in [0.3, 0.4) is 0 Å². The van der Waals surface area contributed by atoms with Crippen LogP contribution in [0.1, 0.15) is 10.4 Å². The quantitative estimate of drug-likeness (QED) is 0.498. The maximum absolute atomic E-state index is 11.7. The molecule has 18 heavy (non-hydrogen) atoms. The minimum absolute atomic E-state index is 0.126. The molecule has 0 saturated carbocycles. The van der Waals surface area contributed by atoms with E-state index in [1.54, 1.807) is 19.2 Å². The molecule has 0 aliphatic heterocycles. The number of halogens is 1. The minimum atomic E-state index is -0.185. The molecule has 1 aromatic carbocycles. The Balaban J connectivity index is 2.30. The molecule has 1 rings (SSSR count). The van der Waals surface area contributed by atoms with Crippen molar-refractivity contribution in [2.45, 2.75) is 0 Å². The number of hydrogen-bond acceptors (Lipinski definition) is 4. The summed E-state index contributed by atoms with van der Waals surface area (Å²) in [7, 11) is 1.65. The van der Waals surface area contributed by atoms with Crippen molar-refractivity contribution in [3.05, 3.63) is 27.3 Å². The average Bonchev–Trinajstić information content (AvgIpc) is 2.36. The Hall–Kier alpha value is -0.860. The zero-order valence-corrected chi connectivity index (χ0v) is 12.4. The largest absolute Gasteiger partial charge is 0.507 e. The van der Waals surface area contributed by atoms with Crippen LogP contribution in [-0.4, -0.2) is 44.4 Å². The lowest BCUT2D eigenvalue weighted by Crippen LogP contribution is -2.33. The summed E-state index contributed by atoms with van der Waals surface area (Å²) in [4.78, 5) is 11.7. The molecule has 1 aromatic rings. The van der Waals surface area contributed by atoms with Crippen molar-refractivity contribution in [3.8, 4) is 5.75 Å². The number of hydrogen-bond donors (Lipinski definition) is 3. The number of carbonyl (C=O) groups excluding carboxylic acids is 1. The molecule has 0 atom stereocenters. The molecule has 0 heterocycles. The Morgan fingerprint density at radius 2 is 2.17 bits per heavy atom. The van der Waals surface area contributed by atoms with Gasteiger partial charge in [0.2, 0.25) is 0 Å². The van der Waals surface area contributed by atoms with E-state index in [2.05, 4.69) is 10.6 Å². The van der Waals surface area contributed by atoms with E-state index >= 15 is 0 Å². The predicted molar refractivity (Wildman–Crippen MR) is 77.9 cm³/mol. The van der Waals surface area contributed by atoms with Gasteiger partial charge in [0.1, 0.15) is 5.75 Å². The highest BCUT2D eigenvalue weighted by atomic mass is 127. The lowest BCUT2D eigenvalue weighted by molar-refractivity contribution is 0.0953. The van der Waals surface area contributed by atoms with Gasteiger partial charge in [-0.1, -0.05) is 0 Å². The summed E-state index contributed by atoms with van der Waals surface area (Å²) in [5.41, 5.74) is 0.463. The van der Waals surface area contributed by atoms with Gasteiger partial charge in [0, 0.05) is 32.3 Å². The van der Waals surface area contributed by atoms with Crippen molar-refractivity contribution < 1.29 is 14.6 Å². The van der Waals surface area contributed by atoms with E-state index in [1.807, 2.05) is 22.6 Å². The first kappa shape index (κ1) is 15.2. The molecule has 0 aliphatic rings. The summed E-state index contributed by atoms with van der Waals surface area (Å²) in [6, 6.07) is 4.87. The normalized spacial score (nSPS) is 10.3. The molecule has 0 bridgehead atoms. The standard InChI is InChI=1S/C12H17IN2O3/c1-18-7-6-14-4-5-15-12(17)9-2-3-10(13)11(16)8-9/h2-3,8,14,16H,4-7H2,1H3,(H,15,17). The number of benzene rings is 1. The summed E-state index contributed by atoms with van der Waals surface area (Å²) >= 11 is 2.01. The molecule has 3 N–H and O–H groups in total. The fourth-order valence-electron chi connectivity index (χ4n) is 1.32. The van der Waals surface area contributed by atoms with Crippen molar-refractivity contribution in [3.63, 3.8) is 0 Å². The predicted octanol–water partition coefficient (Wildman–Crippen LogP) is 0.963. The molecule has 1 amide bonds. The van der Waals surface area contributed by atoms with Gasteiger partial charge in [-0.15, -0.1) is 0 Å². The Kier molecular flexibility index (Phi) is 6.99. The smallest absolute Gasteiger partial charge is 0.251 e. The number of phenols is 1. The Morgan fingerprint density at radius 3 is 2.83 bits per heavy atom. The third-order valence-corrected chi connectivity index (χ3v) is 3.19. The highest BCUT2D eigenvalue weighted by molar-refractivity contribution is 14.1. The van der Waals surface area contributed by atoms with Gasteiger partial charge < -0.3 is 20.5 Å². The van der Waals surface area contributed by atoms with Gasteiger partial charge in [-0.25, -0.2) is 0 Å². The fraction of sp³-hybridized carbons (Fsp3) is 0.417. The third kappa shape index (κ3) is 5.19. The first-order chi connectivity index (χ1) is 8.65. The van der Waals surface area contributed by atoms with Gasteiger partial charge in [0.05, 0.1) is 10.2 Å². The topological polar surface area (TPSA) is 70.6 Å². The summed E-state index contributed by atoms with van der Waals surface area (Å²) in [6.07, 6.45) is 0. The zero-order chi connectivity index (χ0) is 13.4. The van der Waals surface area contributed by atoms with Crippen molar-refractivity contribution in [1.82, 2.24) is 10.6 Å². The highest BCUT2D eigenvalue weighted by Gasteiger charge is 2.07. The molecule has 0 aromatic heterocycles. The molecule has 0 saturated heterocycles. The molecule has 0 fully saturated rings. The van der Waals surface area contributed by atoms with Crippen LogP contribution in [0.4, 0.5) is 0 Å². The summed E-state index contributed by atoms with van der Waals surface area (Å²) in [5.74, 6) is -0.0586. The number of ether oxygens (including phenoxy) is 1. The van der Waals surface area contributed by atoms with Gasteiger partial charge >= 0.3 is 0 Å². The van der Waals surface area contributed by atoms with E-state index in [4.69, 9.17) is 4.74 Å². The van der Waals surface area contributed by atoms with Crippen molar-refractivity contribution in [2.75, 3.05) is 33.4 Å². The summed E-state index contributed by atoms with van der Waals surface area (Å²) in [5, 5.41) is 15.4. The van der Waals surface area contributed by atoms with E-state index in [0.717, 1.165) is 10.1 Å².